The number of aromatic hydroxyl groups is 1. The largest absolute Gasteiger partial charge is 0.508 e. The number of halogens is 2. The minimum Gasteiger partial charge on any atom is -0.508 e. The fourth-order valence-electron chi connectivity index (χ4n) is 2.30. The highest BCUT2D eigenvalue weighted by Crippen LogP contribution is 2.28. The maximum atomic E-state index is 12.7. The molecule has 2 aromatic carbocycles. The van der Waals surface area contributed by atoms with Crippen molar-refractivity contribution in [3.05, 3.63) is 48.5 Å². The molecule has 0 saturated heterocycles. The van der Waals surface area contributed by atoms with Gasteiger partial charge in [-0.25, -0.2) is 4.98 Å². The molecular formula is C16H13F2N3O2S. The Bertz CT molecular complexity index is 883. The zero-order valence-electron chi connectivity index (χ0n) is 12.3. The molecule has 0 unspecified atom stereocenters. The second-order valence-electron chi connectivity index (χ2n) is 4.95. The van der Waals surface area contributed by atoms with Gasteiger partial charge in [0.05, 0.1) is 11.0 Å². The summed E-state index contributed by atoms with van der Waals surface area (Å²) in [5.41, 5.74) is 1.57. The third kappa shape index (κ3) is 3.65. The lowest BCUT2D eigenvalue weighted by Crippen LogP contribution is -2.19. The van der Waals surface area contributed by atoms with Gasteiger partial charge in [-0.1, -0.05) is 18.2 Å². The lowest BCUT2D eigenvalue weighted by Gasteiger charge is -2.09. The summed E-state index contributed by atoms with van der Waals surface area (Å²) < 4.78 is 26.9. The van der Waals surface area contributed by atoms with Crippen molar-refractivity contribution in [2.24, 2.45) is 0 Å². The average molecular weight is 349 g/mol. The lowest BCUT2D eigenvalue weighted by molar-refractivity contribution is -0.116. The van der Waals surface area contributed by atoms with E-state index in [1.807, 2.05) is 0 Å². The monoisotopic (exact) mass is 349 g/mol. The van der Waals surface area contributed by atoms with Gasteiger partial charge in [0, 0.05) is 11.8 Å². The molecule has 2 N–H and O–H groups in total. The molecule has 3 rings (SSSR count). The van der Waals surface area contributed by atoms with Crippen LogP contribution in [0, 0.1) is 0 Å². The summed E-state index contributed by atoms with van der Waals surface area (Å²) in [6.45, 7) is -0.161. The number of hydrogen-bond donors (Lipinski definition) is 2. The summed E-state index contributed by atoms with van der Waals surface area (Å²) >= 11 is 0.300. The summed E-state index contributed by atoms with van der Waals surface area (Å²) in [7, 11) is 0. The summed E-state index contributed by atoms with van der Waals surface area (Å²) in [5.74, 6) is -3.01. The topological polar surface area (TPSA) is 67.2 Å². The number of phenolic OH excluding ortho intramolecular Hbond substituents is 1. The number of fused-ring (bicyclic) bond motifs is 1. The Labute approximate surface area is 140 Å². The molecule has 24 heavy (non-hydrogen) atoms. The van der Waals surface area contributed by atoms with Crippen LogP contribution in [0.1, 0.15) is 0 Å². The van der Waals surface area contributed by atoms with E-state index in [1.165, 1.54) is 16.7 Å². The first-order chi connectivity index (χ1) is 11.5. The predicted molar refractivity (Wildman–Crippen MR) is 88.3 cm³/mol. The third-order valence-electron chi connectivity index (χ3n) is 3.25. The van der Waals surface area contributed by atoms with Crippen LogP contribution >= 0.6 is 11.8 Å². The number of thioether (sulfide) groups is 1. The summed E-state index contributed by atoms with van der Waals surface area (Å²) in [5, 5.41) is 12.1. The van der Waals surface area contributed by atoms with E-state index in [0.717, 1.165) is 0 Å². The van der Waals surface area contributed by atoms with E-state index in [1.54, 1.807) is 36.4 Å². The number of anilines is 1. The number of alkyl halides is 2. The molecule has 0 radical (unpaired) electrons. The molecule has 0 spiro atoms. The molecule has 1 heterocycles. The van der Waals surface area contributed by atoms with Crippen LogP contribution in [0.25, 0.3) is 11.0 Å². The molecule has 5 nitrogen and oxygen atoms in total. The number of benzene rings is 2. The predicted octanol–water partition coefficient (Wildman–Crippen LogP) is 3.70. The number of imidazole rings is 1. The Balaban J connectivity index is 1.86. The van der Waals surface area contributed by atoms with Crippen molar-refractivity contribution in [3.8, 4) is 5.75 Å². The maximum Gasteiger partial charge on any atom is 0.291 e. The molecule has 1 aromatic heterocycles. The Hall–Kier alpha value is -2.61. The number of carbonyl (C=O) groups excluding carboxylic acids is 1. The number of amides is 1. The first kappa shape index (κ1) is 16.3. The number of para-hydroxylation sites is 2. The summed E-state index contributed by atoms with van der Waals surface area (Å²) in [6.07, 6.45) is 0. The molecule has 1 amide bonds. The van der Waals surface area contributed by atoms with E-state index in [-0.39, 0.29) is 17.5 Å². The van der Waals surface area contributed by atoms with Crippen LogP contribution in [-0.2, 0) is 11.3 Å². The highest BCUT2D eigenvalue weighted by molar-refractivity contribution is 7.99. The molecule has 0 aliphatic heterocycles. The van der Waals surface area contributed by atoms with Crippen LogP contribution in [-0.4, -0.2) is 26.3 Å². The molecule has 3 aromatic rings. The second-order valence-corrected chi connectivity index (χ2v) is 5.90. The van der Waals surface area contributed by atoms with Gasteiger partial charge in [-0.15, -0.1) is 0 Å². The highest BCUT2D eigenvalue weighted by Gasteiger charge is 2.17. The van der Waals surface area contributed by atoms with Gasteiger partial charge in [0.15, 0.2) is 5.16 Å². The van der Waals surface area contributed by atoms with Crippen molar-refractivity contribution in [1.29, 1.82) is 0 Å². The SMILES string of the molecule is O=C(Cn1c(SC(F)F)nc2ccccc21)Nc1cccc(O)c1. The Morgan fingerprint density at radius 2 is 2.04 bits per heavy atom. The van der Waals surface area contributed by atoms with Crippen molar-refractivity contribution < 1.29 is 18.7 Å². The lowest BCUT2D eigenvalue weighted by atomic mass is 10.3. The smallest absolute Gasteiger partial charge is 0.291 e. The van der Waals surface area contributed by atoms with Gasteiger partial charge in [-0.05, 0) is 36.0 Å². The Morgan fingerprint density at radius 3 is 2.79 bits per heavy atom. The van der Waals surface area contributed by atoms with Crippen LogP contribution in [0.15, 0.2) is 53.7 Å². The van der Waals surface area contributed by atoms with Gasteiger partial charge in [0.25, 0.3) is 5.76 Å². The first-order valence-corrected chi connectivity index (χ1v) is 7.90. The molecule has 0 aliphatic rings. The molecule has 0 fully saturated rings. The molecule has 0 aliphatic carbocycles. The number of phenols is 1. The van der Waals surface area contributed by atoms with Gasteiger partial charge < -0.3 is 15.0 Å². The number of carbonyl (C=O) groups is 1. The van der Waals surface area contributed by atoms with Crippen molar-refractivity contribution in [3.63, 3.8) is 0 Å². The zero-order chi connectivity index (χ0) is 17.1. The van der Waals surface area contributed by atoms with Crippen molar-refractivity contribution in [1.82, 2.24) is 9.55 Å². The van der Waals surface area contributed by atoms with E-state index >= 15 is 0 Å². The number of hydrogen-bond acceptors (Lipinski definition) is 4. The maximum absolute atomic E-state index is 12.7. The van der Waals surface area contributed by atoms with E-state index < -0.39 is 11.7 Å². The second kappa shape index (κ2) is 6.88. The Morgan fingerprint density at radius 1 is 1.25 bits per heavy atom. The number of aromatic nitrogens is 2. The molecular weight excluding hydrogens is 336 g/mol. The van der Waals surface area contributed by atoms with Crippen LogP contribution in [0.4, 0.5) is 14.5 Å². The number of rotatable bonds is 5. The first-order valence-electron chi connectivity index (χ1n) is 7.02. The molecule has 124 valence electrons. The van der Waals surface area contributed by atoms with Crippen LogP contribution in [0.5, 0.6) is 5.75 Å². The quantitative estimate of drug-likeness (QED) is 0.690. The third-order valence-corrected chi connectivity index (χ3v) is 3.95. The van der Waals surface area contributed by atoms with Crippen molar-refractivity contribution in [2.45, 2.75) is 17.5 Å². The normalized spacial score (nSPS) is 11.1. The van der Waals surface area contributed by atoms with Gasteiger partial charge in [-0.3, -0.25) is 4.79 Å². The van der Waals surface area contributed by atoms with E-state index in [9.17, 15) is 18.7 Å². The molecule has 0 atom stereocenters. The van der Waals surface area contributed by atoms with E-state index in [4.69, 9.17) is 0 Å². The minimum absolute atomic E-state index is 0.0230. The zero-order valence-corrected chi connectivity index (χ0v) is 13.1. The fraction of sp³-hybridized carbons (Fsp3) is 0.125. The minimum atomic E-state index is -2.63. The standard InChI is InChI=1S/C16H13F2N3O2S/c17-15(18)24-16-20-12-6-1-2-7-13(12)21(16)9-14(23)19-10-4-3-5-11(22)8-10/h1-8,15,22H,9H2,(H,19,23). The highest BCUT2D eigenvalue weighted by atomic mass is 32.2. The van der Waals surface area contributed by atoms with Crippen LogP contribution < -0.4 is 5.32 Å². The van der Waals surface area contributed by atoms with Crippen molar-refractivity contribution >= 4 is 34.4 Å². The summed E-state index contributed by atoms with van der Waals surface area (Å²) in [4.78, 5) is 16.4. The van der Waals surface area contributed by atoms with Gasteiger partial charge in [0.2, 0.25) is 5.91 Å². The molecule has 8 heteroatoms. The Kier molecular flexibility index (Phi) is 4.66. The number of nitrogens with zero attached hydrogens (tertiary/aromatic N) is 2. The van der Waals surface area contributed by atoms with E-state index in [2.05, 4.69) is 10.3 Å². The molecule has 0 saturated carbocycles. The number of nitrogens with one attached hydrogen (secondary N) is 1. The van der Waals surface area contributed by atoms with Gasteiger partial charge >= 0.3 is 0 Å². The summed E-state index contributed by atoms with van der Waals surface area (Å²) in [6, 6.07) is 13.0. The van der Waals surface area contributed by atoms with Crippen LogP contribution in [0.2, 0.25) is 0 Å². The fourth-order valence-corrected chi connectivity index (χ4v) is 2.90. The average Bonchev–Trinajstić information content (AvgIpc) is 2.84. The van der Waals surface area contributed by atoms with Gasteiger partial charge in [0.1, 0.15) is 12.3 Å². The van der Waals surface area contributed by atoms with E-state index in [0.29, 0.717) is 28.5 Å². The van der Waals surface area contributed by atoms with Crippen molar-refractivity contribution in [2.75, 3.05) is 5.32 Å². The molecule has 0 bridgehead atoms. The van der Waals surface area contributed by atoms with Crippen LogP contribution in [0.3, 0.4) is 0 Å². The van der Waals surface area contributed by atoms with Gasteiger partial charge in [-0.2, -0.15) is 8.78 Å².